The van der Waals surface area contributed by atoms with Gasteiger partial charge in [0.25, 0.3) is 0 Å². The standard InChI is InChI=1S/C18H24N2O2/c1-13-6-5-8-16(10-13)20-12-15(11-17(20)21)18(22)19-9-4-3-7-14(19)2/h5-6,8,10,14-15H,3-4,7,9,11-12H2,1-2H3/t14-,15+/m1/s1. The quantitative estimate of drug-likeness (QED) is 0.842. The van der Waals surface area contributed by atoms with Gasteiger partial charge in [0.15, 0.2) is 0 Å². The summed E-state index contributed by atoms with van der Waals surface area (Å²) in [4.78, 5) is 28.8. The highest BCUT2D eigenvalue weighted by Crippen LogP contribution is 2.28. The summed E-state index contributed by atoms with van der Waals surface area (Å²) in [7, 11) is 0. The molecule has 0 bridgehead atoms. The molecule has 4 nitrogen and oxygen atoms in total. The lowest BCUT2D eigenvalue weighted by molar-refractivity contribution is -0.139. The average molecular weight is 300 g/mol. The topological polar surface area (TPSA) is 40.6 Å². The summed E-state index contributed by atoms with van der Waals surface area (Å²) < 4.78 is 0. The number of rotatable bonds is 2. The lowest BCUT2D eigenvalue weighted by Crippen LogP contribution is -2.45. The third-order valence-corrected chi connectivity index (χ3v) is 4.87. The molecule has 0 N–H and O–H groups in total. The van der Waals surface area contributed by atoms with Crippen molar-refractivity contribution in [2.45, 2.75) is 45.6 Å². The van der Waals surface area contributed by atoms with Crippen LogP contribution in [0.3, 0.4) is 0 Å². The van der Waals surface area contributed by atoms with Gasteiger partial charge in [-0.05, 0) is 50.8 Å². The predicted octanol–water partition coefficient (Wildman–Crippen LogP) is 2.75. The molecule has 2 amide bonds. The van der Waals surface area contributed by atoms with Crippen molar-refractivity contribution in [1.29, 1.82) is 0 Å². The Hall–Kier alpha value is -1.84. The van der Waals surface area contributed by atoms with Crippen molar-refractivity contribution < 1.29 is 9.59 Å². The molecule has 0 spiro atoms. The molecule has 0 unspecified atom stereocenters. The number of anilines is 1. The van der Waals surface area contributed by atoms with Crippen molar-refractivity contribution in [2.24, 2.45) is 5.92 Å². The van der Waals surface area contributed by atoms with Crippen molar-refractivity contribution in [2.75, 3.05) is 18.0 Å². The normalized spacial score (nSPS) is 25.6. The summed E-state index contributed by atoms with van der Waals surface area (Å²) in [5.41, 5.74) is 2.04. The van der Waals surface area contributed by atoms with Crippen molar-refractivity contribution in [3.05, 3.63) is 29.8 Å². The molecule has 2 atom stereocenters. The Kier molecular flexibility index (Phi) is 4.19. The average Bonchev–Trinajstić information content (AvgIpc) is 2.89. The first-order valence-electron chi connectivity index (χ1n) is 8.24. The first-order chi connectivity index (χ1) is 10.6. The van der Waals surface area contributed by atoms with Crippen molar-refractivity contribution >= 4 is 17.5 Å². The fraction of sp³-hybridized carbons (Fsp3) is 0.556. The van der Waals surface area contributed by atoms with Crippen LogP contribution < -0.4 is 4.90 Å². The van der Waals surface area contributed by atoms with Crippen LogP contribution in [0, 0.1) is 12.8 Å². The maximum Gasteiger partial charge on any atom is 0.228 e. The SMILES string of the molecule is Cc1cccc(N2C[C@@H](C(=O)N3CCCC[C@H]3C)CC2=O)c1. The van der Waals surface area contributed by atoms with Crippen LogP contribution in [0.1, 0.15) is 38.2 Å². The lowest BCUT2D eigenvalue weighted by Gasteiger charge is -2.35. The van der Waals surface area contributed by atoms with Crippen LogP contribution in [-0.4, -0.2) is 35.8 Å². The molecule has 1 aromatic carbocycles. The van der Waals surface area contributed by atoms with E-state index in [2.05, 4.69) is 6.92 Å². The minimum Gasteiger partial charge on any atom is -0.340 e. The summed E-state index contributed by atoms with van der Waals surface area (Å²) in [6, 6.07) is 8.24. The van der Waals surface area contributed by atoms with Crippen LogP contribution >= 0.6 is 0 Å². The Morgan fingerprint density at radius 2 is 2.09 bits per heavy atom. The number of piperidine rings is 1. The van der Waals surface area contributed by atoms with Gasteiger partial charge < -0.3 is 9.80 Å². The highest BCUT2D eigenvalue weighted by atomic mass is 16.2. The number of hydrogen-bond acceptors (Lipinski definition) is 2. The minimum atomic E-state index is -0.187. The molecule has 1 aromatic rings. The van der Waals surface area contributed by atoms with Gasteiger partial charge in [-0.25, -0.2) is 0 Å². The zero-order chi connectivity index (χ0) is 15.7. The molecular weight excluding hydrogens is 276 g/mol. The summed E-state index contributed by atoms with van der Waals surface area (Å²) in [6.07, 6.45) is 3.70. The number of aryl methyl sites for hydroxylation is 1. The summed E-state index contributed by atoms with van der Waals surface area (Å²) in [6.45, 7) is 5.49. The molecule has 0 aromatic heterocycles. The van der Waals surface area contributed by atoms with E-state index in [4.69, 9.17) is 0 Å². The number of carbonyl (C=O) groups is 2. The molecule has 22 heavy (non-hydrogen) atoms. The minimum absolute atomic E-state index is 0.0635. The van der Waals surface area contributed by atoms with Crippen molar-refractivity contribution in [3.63, 3.8) is 0 Å². The van der Waals surface area contributed by atoms with Gasteiger partial charge in [-0.3, -0.25) is 9.59 Å². The molecular formula is C18H24N2O2. The van der Waals surface area contributed by atoms with Crippen molar-refractivity contribution in [1.82, 2.24) is 4.90 Å². The van der Waals surface area contributed by atoms with Gasteiger partial charge in [-0.15, -0.1) is 0 Å². The molecule has 2 aliphatic rings. The Labute approximate surface area is 132 Å². The molecule has 2 heterocycles. The van der Waals surface area contributed by atoms with Crippen LogP contribution in [0.25, 0.3) is 0 Å². The van der Waals surface area contributed by atoms with E-state index in [0.717, 1.165) is 30.6 Å². The van der Waals surface area contributed by atoms with Crippen LogP contribution in [-0.2, 0) is 9.59 Å². The molecule has 2 saturated heterocycles. The molecule has 118 valence electrons. The number of nitrogens with zero attached hydrogens (tertiary/aromatic N) is 2. The highest BCUT2D eigenvalue weighted by Gasteiger charge is 2.38. The molecule has 2 aliphatic heterocycles. The van der Waals surface area contributed by atoms with Crippen LogP contribution in [0.4, 0.5) is 5.69 Å². The van der Waals surface area contributed by atoms with Crippen LogP contribution in [0.2, 0.25) is 0 Å². The van der Waals surface area contributed by atoms with E-state index < -0.39 is 0 Å². The number of likely N-dealkylation sites (tertiary alicyclic amines) is 1. The molecule has 0 saturated carbocycles. The highest BCUT2D eigenvalue weighted by molar-refractivity contribution is 6.00. The number of benzene rings is 1. The van der Waals surface area contributed by atoms with Crippen LogP contribution in [0.5, 0.6) is 0 Å². The second kappa shape index (κ2) is 6.11. The van der Waals surface area contributed by atoms with E-state index in [1.165, 1.54) is 6.42 Å². The molecule has 0 radical (unpaired) electrons. The molecule has 4 heteroatoms. The van der Waals surface area contributed by atoms with Crippen molar-refractivity contribution in [3.8, 4) is 0 Å². The fourth-order valence-corrected chi connectivity index (χ4v) is 3.58. The van der Waals surface area contributed by atoms with E-state index in [1.807, 2.05) is 36.1 Å². The second-order valence-corrected chi connectivity index (χ2v) is 6.62. The summed E-state index contributed by atoms with van der Waals surface area (Å²) in [5.74, 6) is 0.0397. The van der Waals surface area contributed by atoms with E-state index in [1.54, 1.807) is 4.90 Å². The molecule has 0 aliphatic carbocycles. The Bertz CT molecular complexity index is 584. The van der Waals surface area contributed by atoms with Gasteiger partial charge in [-0.2, -0.15) is 0 Å². The van der Waals surface area contributed by atoms with E-state index in [-0.39, 0.29) is 17.7 Å². The first kappa shape index (κ1) is 15.1. The number of hydrogen-bond donors (Lipinski definition) is 0. The lowest BCUT2D eigenvalue weighted by atomic mass is 9.99. The fourth-order valence-electron chi connectivity index (χ4n) is 3.58. The third-order valence-electron chi connectivity index (χ3n) is 4.87. The Morgan fingerprint density at radius 3 is 2.82 bits per heavy atom. The Balaban J connectivity index is 1.72. The summed E-state index contributed by atoms with van der Waals surface area (Å²) in [5, 5.41) is 0. The monoisotopic (exact) mass is 300 g/mol. The van der Waals surface area contributed by atoms with Crippen LogP contribution in [0.15, 0.2) is 24.3 Å². The zero-order valence-electron chi connectivity index (χ0n) is 13.4. The van der Waals surface area contributed by atoms with E-state index in [9.17, 15) is 9.59 Å². The predicted molar refractivity (Wildman–Crippen MR) is 86.7 cm³/mol. The zero-order valence-corrected chi connectivity index (χ0v) is 13.4. The van der Waals surface area contributed by atoms with E-state index in [0.29, 0.717) is 19.0 Å². The number of amides is 2. The van der Waals surface area contributed by atoms with E-state index >= 15 is 0 Å². The van der Waals surface area contributed by atoms with Gasteiger partial charge in [0, 0.05) is 31.2 Å². The smallest absolute Gasteiger partial charge is 0.228 e. The molecule has 2 fully saturated rings. The first-order valence-corrected chi connectivity index (χ1v) is 8.24. The molecule has 3 rings (SSSR count). The van der Waals surface area contributed by atoms with Gasteiger partial charge in [0.2, 0.25) is 11.8 Å². The maximum absolute atomic E-state index is 12.7. The third kappa shape index (κ3) is 2.87. The Morgan fingerprint density at radius 1 is 1.27 bits per heavy atom. The van der Waals surface area contributed by atoms with Gasteiger partial charge in [0.1, 0.15) is 0 Å². The van der Waals surface area contributed by atoms with Gasteiger partial charge in [-0.1, -0.05) is 12.1 Å². The second-order valence-electron chi connectivity index (χ2n) is 6.62. The largest absolute Gasteiger partial charge is 0.340 e. The van der Waals surface area contributed by atoms with Gasteiger partial charge in [0.05, 0.1) is 5.92 Å². The maximum atomic E-state index is 12.7. The van der Waals surface area contributed by atoms with Gasteiger partial charge >= 0.3 is 0 Å². The summed E-state index contributed by atoms with van der Waals surface area (Å²) >= 11 is 0. The number of carbonyl (C=O) groups excluding carboxylic acids is 2.